The molecule has 0 aliphatic carbocycles. The monoisotopic (exact) mass is 600 g/mol. The van der Waals surface area contributed by atoms with Crippen molar-refractivity contribution in [3.8, 4) is 5.75 Å². The van der Waals surface area contributed by atoms with Crippen LogP contribution < -0.4 is 19.1 Å². The zero-order valence-electron chi connectivity index (χ0n) is 21.4. The summed E-state index contributed by atoms with van der Waals surface area (Å²) in [4.78, 5) is 16.9. The van der Waals surface area contributed by atoms with Gasteiger partial charge in [-0.2, -0.15) is 0 Å². The minimum Gasteiger partial charge on any atom is -0.495 e. The van der Waals surface area contributed by atoms with Crippen molar-refractivity contribution in [2.24, 2.45) is 0 Å². The Hall–Kier alpha value is -4.13. The summed E-state index contributed by atoms with van der Waals surface area (Å²) >= 11 is 6.25. The van der Waals surface area contributed by atoms with Gasteiger partial charge in [0.25, 0.3) is 20.0 Å². The third-order valence-corrected chi connectivity index (χ3v) is 9.13. The highest BCUT2D eigenvalue weighted by atomic mass is 35.5. The Balaban J connectivity index is 1.56. The first-order valence-corrected chi connectivity index (χ1v) is 15.1. The van der Waals surface area contributed by atoms with Gasteiger partial charge in [-0.25, -0.2) is 21.8 Å². The number of rotatable bonds is 10. The quantitative estimate of drug-likeness (QED) is 0.270. The van der Waals surface area contributed by atoms with Crippen LogP contribution in [0.4, 0.5) is 17.2 Å². The molecule has 0 saturated heterocycles. The molecule has 0 radical (unpaired) electrons. The maximum atomic E-state index is 13.6. The molecule has 0 aliphatic rings. The molecular formula is C27H25ClN4O6S2. The predicted molar refractivity (Wildman–Crippen MR) is 154 cm³/mol. The van der Waals surface area contributed by atoms with Crippen LogP contribution in [0.3, 0.4) is 0 Å². The minimum atomic E-state index is -4.17. The number of methoxy groups -OCH3 is 1. The molecular weight excluding hydrogens is 576 g/mol. The van der Waals surface area contributed by atoms with Gasteiger partial charge in [0.2, 0.25) is 5.91 Å². The molecule has 0 saturated carbocycles. The number of nitrogens with one attached hydrogen (secondary N) is 2. The number of amides is 1. The van der Waals surface area contributed by atoms with Crippen LogP contribution in [0.1, 0.15) is 5.56 Å². The number of hydrogen-bond acceptors (Lipinski definition) is 7. The summed E-state index contributed by atoms with van der Waals surface area (Å²) in [5, 5.41) is 2.78. The number of halogens is 1. The van der Waals surface area contributed by atoms with Crippen molar-refractivity contribution in [2.75, 3.05) is 28.0 Å². The molecule has 2 N–H and O–H groups in total. The first kappa shape index (κ1) is 28.9. The summed E-state index contributed by atoms with van der Waals surface area (Å²) in [6.45, 7) is 1.25. The van der Waals surface area contributed by atoms with Crippen molar-refractivity contribution in [1.29, 1.82) is 0 Å². The van der Waals surface area contributed by atoms with Crippen LogP contribution in [0.15, 0.2) is 101 Å². The molecule has 208 valence electrons. The SMILES string of the molecule is COc1ccc(N(CC(=O)Nc2ccc(S(=O)(=O)Nc3ccccn3)cc2)S(=O)(=O)c2ccc(C)cc2)cc1Cl. The highest BCUT2D eigenvalue weighted by Crippen LogP contribution is 2.32. The van der Waals surface area contributed by atoms with Crippen molar-refractivity contribution in [2.45, 2.75) is 16.7 Å². The number of pyridine rings is 1. The summed E-state index contributed by atoms with van der Waals surface area (Å²) in [6, 6.07) is 20.8. The first-order valence-electron chi connectivity index (χ1n) is 11.8. The van der Waals surface area contributed by atoms with Crippen LogP contribution in [0.2, 0.25) is 5.02 Å². The summed E-state index contributed by atoms with van der Waals surface area (Å²) in [7, 11) is -6.65. The molecule has 3 aromatic carbocycles. The van der Waals surface area contributed by atoms with E-state index < -0.39 is 32.5 Å². The van der Waals surface area contributed by atoms with E-state index in [1.54, 1.807) is 24.3 Å². The maximum absolute atomic E-state index is 13.6. The number of hydrogen-bond donors (Lipinski definition) is 2. The average molecular weight is 601 g/mol. The fourth-order valence-electron chi connectivity index (χ4n) is 3.63. The van der Waals surface area contributed by atoms with Gasteiger partial charge in [-0.05, 0) is 73.7 Å². The number of carbonyl (C=O) groups is 1. The molecule has 0 bridgehead atoms. The van der Waals surface area contributed by atoms with E-state index in [1.165, 1.54) is 74.0 Å². The van der Waals surface area contributed by atoms with Gasteiger partial charge < -0.3 is 10.1 Å². The summed E-state index contributed by atoms with van der Waals surface area (Å²) < 4.78 is 60.9. The summed E-state index contributed by atoms with van der Waals surface area (Å²) in [5.41, 5.74) is 1.29. The molecule has 10 nitrogen and oxygen atoms in total. The number of anilines is 3. The Kier molecular flexibility index (Phi) is 8.62. The van der Waals surface area contributed by atoms with Crippen LogP contribution >= 0.6 is 11.6 Å². The molecule has 1 aromatic heterocycles. The summed E-state index contributed by atoms with van der Waals surface area (Å²) in [5.74, 6) is -0.159. The molecule has 0 aliphatic heterocycles. The minimum absolute atomic E-state index is 0.00666. The van der Waals surface area contributed by atoms with E-state index in [0.717, 1.165) is 9.87 Å². The Bertz CT molecular complexity index is 1720. The number of sulfonamides is 2. The smallest absolute Gasteiger partial charge is 0.264 e. The topological polar surface area (TPSA) is 135 Å². The lowest BCUT2D eigenvalue weighted by molar-refractivity contribution is -0.114. The van der Waals surface area contributed by atoms with E-state index in [-0.39, 0.29) is 32.0 Å². The molecule has 0 atom stereocenters. The maximum Gasteiger partial charge on any atom is 0.264 e. The van der Waals surface area contributed by atoms with Crippen molar-refractivity contribution in [1.82, 2.24) is 4.98 Å². The third kappa shape index (κ3) is 6.71. The van der Waals surface area contributed by atoms with Crippen LogP contribution in [-0.4, -0.2) is 41.4 Å². The Morgan fingerprint density at radius 1 is 0.925 bits per heavy atom. The lowest BCUT2D eigenvalue weighted by atomic mass is 10.2. The standard InChI is InChI=1S/C27H25ClN4O6S2/c1-19-6-11-23(12-7-19)40(36,37)32(21-10-15-25(38-2)24(28)17-21)18-27(33)30-20-8-13-22(14-9-20)39(34,35)31-26-5-3-4-16-29-26/h3-17H,18H2,1-2H3,(H,29,31)(H,30,33). The van der Waals surface area contributed by atoms with Crippen LogP contribution in [0.5, 0.6) is 5.75 Å². The van der Waals surface area contributed by atoms with E-state index in [0.29, 0.717) is 5.75 Å². The van der Waals surface area contributed by atoms with E-state index >= 15 is 0 Å². The van der Waals surface area contributed by atoms with Gasteiger partial charge in [-0.15, -0.1) is 0 Å². The molecule has 0 unspecified atom stereocenters. The van der Waals surface area contributed by atoms with Gasteiger partial charge in [-0.1, -0.05) is 35.4 Å². The number of benzene rings is 3. The van der Waals surface area contributed by atoms with Gasteiger partial charge in [0.1, 0.15) is 18.1 Å². The normalized spacial score (nSPS) is 11.5. The average Bonchev–Trinajstić information content (AvgIpc) is 2.92. The zero-order chi connectivity index (χ0) is 28.9. The number of ether oxygens (including phenoxy) is 1. The second-order valence-corrected chi connectivity index (χ2v) is 12.5. The second kappa shape index (κ2) is 11.9. The molecule has 13 heteroatoms. The fourth-order valence-corrected chi connectivity index (χ4v) is 6.30. The number of carbonyl (C=O) groups excluding carboxylic acids is 1. The van der Waals surface area contributed by atoms with E-state index in [9.17, 15) is 21.6 Å². The second-order valence-electron chi connectivity index (χ2n) is 8.54. The summed E-state index contributed by atoms with van der Waals surface area (Å²) in [6.07, 6.45) is 1.46. The van der Waals surface area contributed by atoms with Crippen LogP contribution in [0, 0.1) is 6.92 Å². The van der Waals surface area contributed by atoms with Gasteiger partial charge in [0.15, 0.2) is 0 Å². The lowest BCUT2D eigenvalue weighted by Gasteiger charge is -2.24. The lowest BCUT2D eigenvalue weighted by Crippen LogP contribution is -2.38. The van der Waals surface area contributed by atoms with Crippen LogP contribution in [0.25, 0.3) is 0 Å². The molecule has 0 fully saturated rings. The molecule has 4 aromatic rings. The van der Waals surface area contributed by atoms with Gasteiger partial charge in [-0.3, -0.25) is 13.8 Å². The van der Waals surface area contributed by atoms with Crippen LogP contribution in [-0.2, 0) is 24.8 Å². The van der Waals surface area contributed by atoms with Gasteiger partial charge in [0, 0.05) is 11.9 Å². The Labute approximate surface area is 237 Å². The molecule has 0 spiro atoms. The Morgan fingerprint density at radius 3 is 2.20 bits per heavy atom. The molecule has 1 heterocycles. The fraction of sp³-hybridized carbons (Fsp3) is 0.111. The number of aromatic nitrogens is 1. The van der Waals surface area contributed by atoms with Crippen molar-refractivity contribution in [3.05, 3.63) is 102 Å². The van der Waals surface area contributed by atoms with Gasteiger partial charge in [0.05, 0.1) is 27.6 Å². The predicted octanol–water partition coefficient (Wildman–Crippen LogP) is 4.69. The molecule has 40 heavy (non-hydrogen) atoms. The third-order valence-electron chi connectivity index (χ3n) is 5.67. The van der Waals surface area contributed by atoms with Crippen molar-refractivity contribution >= 4 is 54.7 Å². The van der Waals surface area contributed by atoms with Crippen molar-refractivity contribution < 1.29 is 26.4 Å². The first-order chi connectivity index (χ1) is 19.0. The highest BCUT2D eigenvalue weighted by molar-refractivity contribution is 7.93. The molecule has 1 amide bonds. The van der Waals surface area contributed by atoms with Crippen molar-refractivity contribution in [3.63, 3.8) is 0 Å². The number of nitrogens with zero attached hydrogens (tertiary/aromatic N) is 2. The highest BCUT2D eigenvalue weighted by Gasteiger charge is 2.28. The largest absolute Gasteiger partial charge is 0.495 e. The van der Waals surface area contributed by atoms with E-state index in [1.807, 2.05) is 6.92 Å². The Morgan fingerprint density at radius 2 is 1.60 bits per heavy atom. The van der Waals surface area contributed by atoms with E-state index in [4.69, 9.17) is 16.3 Å². The molecule has 4 rings (SSSR count). The van der Waals surface area contributed by atoms with Gasteiger partial charge >= 0.3 is 0 Å². The zero-order valence-corrected chi connectivity index (χ0v) is 23.8. The number of aryl methyl sites for hydroxylation is 1. The van der Waals surface area contributed by atoms with E-state index in [2.05, 4.69) is 15.0 Å².